The van der Waals surface area contributed by atoms with Crippen molar-refractivity contribution in [2.45, 2.75) is 264 Å². The van der Waals surface area contributed by atoms with Gasteiger partial charge in [0.2, 0.25) is 23.1 Å². The van der Waals surface area contributed by atoms with Gasteiger partial charge in [0.25, 0.3) is 0 Å². The third-order valence-electron chi connectivity index (χ3n) is 13.7. The molecule has 0 aromatic heterocycles. The van der Waals surface area contributed by atoms with Gasteiger partial charge in [0.1, 0.15) is 0 Å². The van der Waals surface area contributed by atoms with Crippen molar-refractivity contribution in [3.8, 4) is 0 Å². The number of carbonyl (C=O) groups excluding carboxylic acids is 10. The normalized spacial score (nSPS) is 13.1. The highest BCUT2D eigenvalue weighted by molar-refractivity contribution is 6.18. The molecule has 20 heteroatoms. The number of ether oxygens (including phenoxy) is 8. The number of carbonyl (C=O) groups is 10. The fourth-order valence-corrected chi connectivity index (χ4v) is 8.92. The number of ketones is 4. The molecule has 0 aliphatic carbocycles. The molecule has 4 atom stereocenters. The van der Waals surface area contributed by atoms with Crippen molar-refractivity contribution in [2.75, 3.05) is 26.4 Å². The van der Waals surface area contributed by atoms with E-state index in [1.807, 2.05) is 111 Å². The zero-order chi connectivity index (χ0) is 67.8. The molecule has 0 amide bonds. The summed E-state index contributed by atoms with van der Waals surface area (Å²) in [7, 11) is 0. The molecule has 0 radical (unpaired) electrons. The van der Waals surface area contributed by atoms with Gasteiger partial charge in [-0.25, -0.2) is 38.5 Å². The summed E-state index contributed by atoms with van der Waals surface area (Å²) in [6, 6.07) is 7.20. The summed E-state index contributed by atoms with van der Waals surface area (Å²) < 4.78 is 44.5. The Balaban J connectivity index is 3.04. The van der Waals surface area contributed by atoms with E-state index in [9.17, 15) is 28.8 Å². The van der Waals surface area contributed by atoms with Gasteiger partial charge >= 0.3 is 36.6 Å². The maximum atomic E-state index is 15.3. The van der Waals surface area contributed by atoms with Crippen molar-refractivity contribution in [2.24, 2.45) is 21.7 Å². The van der Waals surface area contributed by atoms with E-state index in [0.717, 1.165) is 63.5 Å². The van der Waals surface area contributed by atoms with Gasteiger partial charge in [0, 0.05) is 22.3 Å². The fraction of sp³-hybridized carbons (Fsp3) is 0.686. The minimum absolute atomic E-state index is 0.0161. The Morgan fingerprint density at radius 2 is 0.533 bits per heavy atom. The van der Waals surface area contributed by atoms with E-state index in [1.165, 1.54) is 24.3 Å². The number of benzene rings is 2. The maximum Gasteiger partial charge on any atom is 0.509 e. The van der Waals surface area contributed by atoms with Crippen LogP contribution in [0.3, 0.4) is 0 Å². The standard InChI is InChI=1S/C70H106O20/c1-17-21-25-29-39-51(85-63(77)81-43-67(5,6)7)57(71)47-35-33-37-49(55(47)59(73)53(41-31-27-23-19-3)87-65(79)83-45-69(11,12)13)61(75)89-90-62(76)50-38-34-36-48(58(72)52(40-30-26-22-18-2)86-64(78)82-44-68(8,9)10)56(50)60(74)54(42-32-28-24-20-4)88-66(80)84-46-70(14,15)16/h33-38,51-54H,17-32,39-46H2,1-16H3. The molecule has 0 saturated heterocycles. The van der Waals surface area contributed by atoms with Crippen LogP contribution >= 0.6 is 0 Å². The molecule has 0 spiro atoms. The third-order valence-corrected chi connectivity index (χ3v) is 13.7. The molecule has 2 rings (SSSR count). The first-order chi connectivity index (χ1) is 42.2. The molecule has 2 aromatic carbocycles. The molecule has 0 aliphatic heterocycles. The first kappa shape index (κ1) is 79.2. The smallest absolute Gasteiger partial charge is 0.434 e. The Bertz CT molecular complexity index is 2460. The van der Waals surface area contributed by atoms with Gasteiger partial charge in [0.05, 0.1) is 37.6 Å². The SMILES string of the molecule is CCCCCCC(OC(=O)OCC(C)(C)C)C(=O)c1cccc(C(=O)OOC(=O)c2cccc(C(=O)C(CCCCCC)OC(=O)OCC(C)(C)C)c2C(=O)C(CCCCCC)OC(=O)OCC(C)(C)C)c1C(=O)C(CCCCCC)OC(=O)OCC(C)(C)C. The van der Waals surface area contributed by atoms with Crippen LogP contribution in [0.25, 0.3) is 0 Å². The van der Waals surface area contributed by atoms with Crippen LogP contribution in [-0.2, 0) is 47.7 Å². The molecule has 90 heavy (non-hydrogen) atoms. The average molecular weight is 1270 g/mol. The number of rotatable bonds is 38. The molecular formula is C70H106O20. The molecule has 0 N–H and O–H groups in total. The van der Waals surface area contributed by atoms with Crippen molar-refractivity contribution in [1.29, 1.82) is 0 Å². The second-order valence-electron chi connectivity index (χ2n) is 27.9. The molecule has 2 aromatic rings. The summed E-state index contributed by atoms with van der Waals surface area (Å²) in [5.41, 5.74) is -5.40. The minimum atomic E-state index is -1.66. The molecule has 0 bridgehead atoms. The third kappa shape index (κ3) is 30.8. The molecule has 0 heterocycles. The van der Waals surface area contributed by atoms with E-state index >= 15 is 19.2 Å². The molecule has 0 saturated carbocycles. The summed E-state index contributed by atoms with van der Waals surface area (Å²) in [4.78, 5) is 154. The van der Waals surface area contributed by atoms with Gasteiger partial charge in [-0.05, 0) is 85.2 Å². The van der Waals surface area contributed by atoms with Crippen molar-refractivity contribution >= 4 is 59.7 Å². The lowest BCUT2D eigenvalue weighted by atomic mass is 9.88. The van der Waals surface area contributed by atoms with E-state index in [0.29, 0.717) is 51.4 Å². The molecule has 506 valence electrons. The van der Waals surface area contributed by atoms with Crippen LogP contribution in [-0.4, -0.2) is 111 Å². The van der Waals surface area contributed by atoms with E-state index in [-0.39, 0.29) is 52.1 Å². The zero-order valence-corrected chi connectivity index (χ0v) is 56.9. The van der Waals surface area contributed by atoms with E-state index in [1.54, 1.807) is 0 Å². The second-order valence-corrected chi connectivity index (χ2v) is 27.9. The highest BCUT2D eigenvalue weighted by atomic mass is 17.2. The lowest BCUT2D eigenvalue weighted by Gasteiger charge is -2.23. The summed E-state index contributed by atoms with van der Waals surface area (Å²) in [5, 5.41) is 0. The van der Waals surface area contributed by atoms with Crippen molar-refractivity contribution in [3.05, 3.63) is 69.8 Å². The van der Waals surface area contributed by atoms with Crippen LogP contribution in [0.1, 0.15) is 301 Å². The topological polar surface area (TPSA) is 263 Å². The maximum absolute atomic E-state index is 15.3. The minimum Gasteiger partial charge on any atom is -0.434 e. The summed E-state index contributed by atoms with van der Waals surface area (Å²) in [6.07, 6.45) is -0.880. The number of Topliss-reactive ketones (excluding diaryl/α,β-unsaturated/α-hetero) is 4. The summed E-state index contributed by atoms with van der Waals surface area (Å²) >= 11 is 0. The van der Waals surface area contributed by atoms with Gasteiger partial charge < -0.3 is 37.9 Å². The summed E-state index contributed by atoms with van der Waals surface area (Å²) in [6.45, 7) is 29.5. The molecule has 0 aliphatic rings. The lowest BCUT2D eigenvalue weighted by molar-refractivity contribution is -0.187. The van der Waals surface area contributed by atoms with Crippen molar-refractivity contribution in [1.82, 2.24) is 0 Å². The molecular weight excluding hydrogens is 1160 g/mol. The van der Waals surface area contributed by atoms with Crippen molar-refractivity contribution < 1.29 is 95.6 Å². The van der Waals surface area contributed by atoms with Gasteiger partial charge in [-0.15, -0.1) is 0 Å². The zero-order valence-electron chi connectivity index (χ0n) is 56.9. The highest BCUT2D eigenvalue weighted by Gasteiger charge is 2.39. The van der Waals surface area contributed by atoms with Crippen LogP contribution in [0, 0.1) is 21.7 Å². The van der Waals surface area contributed by atoms with Gasteiger partial charge in [-0.2, -0.15) is 0 Å². The van der Waals surface area contributed by atoms with Gasteiger partial charge in [-0.3, -0.25) is 19.2 Å². The van der Waals surface area contributed by atoms with Crippen molar-refractivity contribution in [3.63, 3.8) is 0 Å². The van der Waals surface area contributed by atoms with Crippen LogP contribution in [0.2, 0.25) is 0 Å². The monoisotopic (exact) mass is 1270 g/mol. The largest absolute Gasteiger partial charge is 0.509 e. The predicted octanol–water partition coefficient (Wildman–Crippen LogP) is 17.5. The molecule has 20 nitrogen and oxygen atoms in total. The van der Waals surface area contributed by atoms with Crippen LogP contribution < -0.4 is 0 Å². The quantitative estimate of drug-likeness (QED) is 0.0151. The van der Waals surface area contributed by atoms with Crippen LogP contribution in [0.5, 0.6) is 0 Å². The Morgan fingerprint density at radius 3 is 0.756 bits per heavy atom. The second kappa shape index (κ2) is 39.4. The lowest BCUT2D eigenvalue weighted by Crippen LogP contribution is -2.35. The number of hydrogen-bond acceptors (Lipinski definition) is 20. The average Bonchev–Trinajstić information content (AvgIpc) is 1.37. The van der Waals surface area contributed by atoms with E-state index < -0.39 is 139 Å². The highest BCUT2D eigenvalue weighted by Crippen LogP contribution is 2.30. The fourth-order valence-electron chi connectivity index (χ4n) is 8.92. The predicted molar refractivity (Wildman–Crippen MR) is 339 cm³/mol. The van der Waals surface area contributed by atoms with Crippen LogP contribution in [0.15, 0.2) is 36.4 Å². The molecule has 0 fully saturated rings. The van der Waals surface area contributed by atoms with Gasteiger partial charge in [-0.1, -0.05) is 212 Å². The Labute approximate surface area is 534 Å². The number of hydrogen-bond donors (Lipinski definition) is 0. The van der Waals surface area contributed by atoms with E-state index in [2.05, 4.69) is 0 Å². The first-order valence-corrected chi connectivity index (χ1v) is 32.4. The number of unbranched alkanes of at least 4 members (excludes halogenated alkanes) is 12. The molecule has 4 unspecified atom stereocenters. The van der Waals surface area contributed by atoms with Crippen LogP contribution in [0.4, 0.5) is 19.2 Å². The Morgan fingerprint density at radius 1 is 0.311 bits per heavy atom. The Hall–Kier alpha value is -6.86. The van der Waals surface area contributed by atoms with E-state index in [4.69, 9.17) is 47.7 Å². The first-order valence-electron chi connectivity index (χ1n) is 32.4. The van der Waals surface area contributed by atoms with Gasteiger partial charge in [0.15, 0.2) is 24.4 Å². The summed E-state index contributed by atoms with van der Waals surface area (Å²) in [5.74, 6) is -6.97. The Kier molecular flexibility index (Phi) is 34.7.